The summed E-state index contributed by atoms with van der Waals surface area (Å²) in [5.41, 5.74) is 2.33. The Morgan fingerprint density at radius 1 is 1.12 bits per heavy atom. The van der Waals surface area contributed by atoms with Crippen LogP contribution in [0.3, 0.4) is 0 Å². The molecule has 0 saturated heterocycles. The van der Waals surface area contributed by atoms with Crippen LogP contribution in [0.1, 0.15) is 48.2 Å². The van der Waals surface area contributed by atoms with Crippen molar-refractivity contribution >= 4 is 22.9 Å². The molecule has 0 bridgehead atoms. The lowest BCUT2D eigenvalue weighted by Crippen LogP contribution is -2.30. The fourth-order valence-electron chi connectivity index (χ4n) is 4.25. The summed E-state index contributed by atoms with van der Waals surface area (Å²) in [6, 6.07) is 10.3. The molecular formula is C25H29N5O2. The van der Waals surface area contributed by atoms with Crippen LogP contribution in [0.4, 0.5) is 5.95 Å². The molecule has 1 fully saturated rings. The van der Waals surface area contributed by atoms with E-state index < -0.39 is 0 Å². The number of rotatable bonds is 7. The van der Waals surface area contributed by atoms with Gasteiger partial charge in [0.2, 0.25) is 5.95 Å². The van der Waals surface area contributed by atoms with E-state index in [0.717, 1.165) is 17.6 Å². The zero-order valence-electron chi connectivity index (χ0n) is 18.4. The van der Waals surface area contributed by atoms with Gasteiger partial charge in [-0.1, -0.05) is 25.3 Å². The molecule has 0 spiro atoms. The molecule has 0 radical (unpaired) electrons. The number of hydrogen-bond donors (Lipinski definition) is 2. The number of anilines is 1. The third-order valence-electron chi connectivity index (χ3n) is 6.01. The van der Waals surface area contributed by atoms with Gasteiger partial charge in [0.25, 0.3) is 11.5 Å². The highest BCUT2D eigenvalue weighted by Crippen LogP contribution is 2.23. The summed E-state index contributed by atoms with van der Waals surface area (Å²) in [5.74, 6) is 0.933. The van der Waals surface area contributed by atoms with Crippen LogP contribution in [0, 0.1) is 12.8 Å². The Balaban J connectivity index is 1.60. The van der Waals surface area contributed by atoms with E-state index in [0.29, 0.717) is 35.3 Å². The van der Waals surface area contributed by atoms with Gasteiger partial charge in [-0.15, -0.1) is 6.58 Å². The molecule has 166 valence electrons. The molecular weight excluding hydrogens is 402 g/mol. The zero-order chi connectivity index (χ0) is 22.5. The largest absolute Gasteiger partial charge is 0.352 e. The Bertz CT molecular complexity index is 1180. The summed E-state index contributed by atoms with van der Waals surface area (Å²) in [7, 11) is 0. The minimum absolute atomic E-state index is 0.0820. The van der Waals surface area contributed by atoms with Crippen molar-refractivity contribution in [3.05, 3.63) is 70.7 Å². The maximum atomic E-state index is 12.8. The van der Waals surface area contributed by atoms with Gasteiger partial charge >= 0.3 is 0 Å². The maximum Gasteiger partial charge on any atom is 0.256 e. The molecule has 4 rings (SSSR count). The quantitative estimate of drug-likeness (QED) is 0.552. The highest BCUT2D eigenvalue weighted by molar-refractivity contribution is 5.94. The second kappa shape index (κ2) is 9.77. The van der Waals surface area contributed by atoms with Crippen LogP contribution >= 0.6 is 0 Å². The third-order valence-corrected chi connectivity index (χ3v) is 6.01. The molecule has 32 heavy (non-hydrogen) atoms. The van der Waals surface area contributed by atoms with Crippen LogP contribution in [-0.4, -0.2) is 33.5 Å². The summed E-state index contributed by atoms with van der Waals surface area (Å²) < 4.78 is 1.55. The summed E-state index contributed by atoms with van der Waals surface area (Å²) >= 11 is 0. The predicted octanol–water partition coefficient (Wildman–Crippen LogP) is 4.00. The highest BCUT2D eigenvalue weighted by Gasteiger charge is 2.16. The van der Waals surface area contributed by atoms with Crippen LogP contribution in [0.5, 0.6) is 0 Å². The van der Waals surface area contributed by atoms with Gasteiger partial charge in [-0.05, 0) is 56.0 Å². The number of aromatic nitrogens is 3. The van der Waals surface area contributed by atoms with Gasteiger partial charge in [0.15, 0.2) is 5.65 Å². The molecule has 0 atom stereocenters. The molecule has 7 nitrogen and oxygen atoms in total. The van der Waals surface area contributed by atoms with E-state index in [9.17, 15) is 9.59 Å². The van der Waals surface area contributed by atoms with Gasteiger partial charge in [-0.3, -0.25) is 14.2 Å². The van der Waals surface area contributed by atoms with E-state index in [1.54, 1.807) is 41.0 Å². The van der Waals surface area contributed by atoms with E-state index in [1.165, 1.54) is 38.2 Å². The number of amides is 1. The number of carbonyl (C=O) groups is 1. The van der Waals surface area contributed by atoms with Gasteiger partial charge in [-0.2, -0.15) is 4.98 Å². The smallest absolute Gasteiger partial charge is 0.256 e. The molecule has 1 saturated carbocycles. The van der Waals surface area contributed by atoms with E-state index in [4.69, 9.17) is 0 Å². The normalized spacial score (nSPS) is 14.3. The Morgan fingerprint density at radius 2 is 1.88 bits per heavy atom. The van der Waals surface area contributed by atoms with Crippen LogP contribution in [-0.2, 0) is 0 Å². The van der Waals surface area contributed by atoms with Crippen molar-refractivity contribution in [1.29, 1.82) is 0 Å². The molecule has 7 heteroatoms. The van der Waals surface area contributed by atoms with Crippen molar-refractivity contribution in [3.63, 3.8) is 0 Å². The first-order valence-electron chi connectivity index (χ1n) is 11.2. The molecule has 1 aliphatic rings. The van der Waals surface area contributed by atoms with Crippen LogP contribution in [0.2, 0.25) is 0 Å². The van der Waals surface area contributed by atoms with Crippen LogP contribution in [0.25, 0.3) is 16.7 Å². The van der Waals surface area contributed by atoms with Crippen LogP contribution in [0.15, 0.2) is 53.8 Å². The lowest BCUT2D eigenvalue weighted by Gasteiger charge is -2.21. The first-order valence-corrected chi connectivity index (χ1v) is 11.2. The predicted molar refractivity (Wildman–Crippen MR) is 127 cm³/mol. The van der Waals surface area contributed by atoms with Gasteiger partial charge < -0.3 is 10.6 Å². The molecule has 1 amide bonds. The summed E-state index contributed by atoms with van der Waals surface area (Å²) in [4.78, 5) is 34.4. The molecule has 3 aromatic rings. The van der Waals surface area contributed by atoms with Crippen molar-refractivity contribution in [2.24, 2.45) is 5.92 Å². The highest BCUT2D eigenvalue weighted by atomic mass is 16.1. The number of aryl methyl sites for hydroxylation is 1. The Kier molecular flexibility index (Phi) is 6.63. The SMILES string of the molecule is C=CCNc1nc(C)c2ccc(=O)n(-c3ccc(C(=O)NCC4CCCCC4)cc3)c2n1. The van der Waals surface area contributed by atoms with Gasteiger partial charge in [-0.25, -0.2) is 4.98 Å². The lowest BCUT2D eigenvalue weighted by atomic mass is 9.89. The third kappa shape index (κ3) is 4.72. The molecule has 0 aliphatic heterocycles. The van der Waals surface area contributed by atoms with Crippen molar-refractivity contribution in [2.45, 2.75) is 39.0 Å². The number of hydrogen-bond acceptors (Lipinski definition) is 5. The lowest BCUT2D eigenvalue weighted by molar-refractivity contribution is 0.0943. The Labute approximate surface area is 187 Å². The van der Waals surface area contributed by atoms with Gasteiger partial charge in [0, 0.05) is 30.1 Å². The fourth-order valence-corrected chi connectivity index (χ4v) is 4.25. The molecule has 2 N–H and O–H groups in total. The fraction of sp³-hybridized carbons (Fsp3) is 0.360. The van der Waals surface area contributed by atoms with E-state index in [1.807, 2.05) is 6.92 Å². The van der Waals surface area contributed by atoms with Crippen LogP contribution < -0.4 is 16.2 Å². The van der Waals surface area contributed by atoms with Crippen molar-refractivity contribution < 1.29 is 4.79 Å². The van der Waals surface area contributed by atoms with E-state index >= 15 is 0 Å². The number of pyridine rings is 1. The van der Waals surface area contributed by atoms with E-state index in [2.05, 4.69) is 27.2 Å². The summed E-state index contributed by atoms with van der Waals surface area (Å²) in [6.07, 6.45) is 7.91. The standard InChI is InChI=1S/C25H29N5O2/c1-3-15-26-25-28-17(2)21-13-14-22(31)30(23(21)29-25)20-11-9-19(10-12-20)24(32)27-16-18-7-5-4-6-8-18/h3,9-14,18H,1,4-8,15-16H2,2H3,(H,27,32)(H,26,28,29). The average Bonchev–Trinajstić information content (AvgIpc) is 2.82. The van der Waals surface area contributed by atoms with Crippen molar-refractivity contribution in [1.82, 2.24) is 19.9 Å². The molecule has 0 unspecified atom stereocenters. The minimum Gasteiger partial charge on any atom is -0.352 e. The van der Waals surface area contributed by atoms with Crippen molar-refractivity contribution in [3.8, 4) is 5.69 Å². The number of nitrogens with zero attached hydrogens (tertiary/aromatic N) is 3. The number of carbonyl (C=O) groups excluding carboxylic acids is 1. The maximum absolute atomic E-state index is 12.8. The summed E-state index contributed by atoms with van der Waals surface area (Å²) in [5, 5.41) is 6.94. The van der Waals surface area contributed by atoms with Crippen molar-refractivity contribution in [2.75, 3.05) is 18.4 Å². The molecule has 2 heterocycles. The molecule has 2 aromatic heterocycles. The Morgan fingerprint density at radius 3 is 2.59 bits per heavy atom. The Hall–Kier alpha value is -3.48. The first kappa shape index (κ1) is 21.7. The second-order valence-corrected chi connectivity index (χ2v) is 8.31. The summed E-state index contributed by atoms with van der Waals surface area (Å²) in [6.45, 7) is 6.83. The van der Waals surface area contributed by atoms with E-state index in [-0.39, 0.29) is 11.5 Å². The monoisotopic (exact) mass is 431 g/mol. The molecule has 1 aliphatic carbocycles. The molecule has 1 aromatic carbocycles. The number of fused-ring (bicyclic) bond motifs is 1. The van der Waals surface area contributed by atoms with Gasteiger partial charge in [0.1, 0.15) is 0 Å². The zero-order valence-corrected chi connectivity index (χ0v) is 18.4. The minimum atomic E-state index is -0.195. The topological polar surface area (TPSA) is 88.9 Å². The number of nitrogens with one attached hydrogen (secondary N) is 2. The second-order valence-electron chi connectivity index (χ2n) is 8.31. The average molecular weight is 432 g/mol. The van der Waals surface area contributed by atoms with Gasteiger partial charge in [0.05, 0.1) is 11.4 Å². The first-order chi connectivity index (χ1) is 15.6. The number of benzene rings is 1.